The summed E-state index contributed by atoms with van der Waals surface area (Å²) in [6.45, 7) is 12.1. The maximum absolute atomic E-state index is 12.7. The van der Waals surface area contributed by atoms with Gasteiger partial charge in [-0.3, -0.25) is 9.69 Å². The Morgan fingerprint density at radius 2 is 1.65 bits per heavy atom. The van der Waals surface area contributed by atoms with Crippen molar-refractivity contribution in [2.45, 2.75) is 46.1 Å². The van der Waals surface area contributed by atoms with Crippen molar-refractivity contribution in [3.05, 3.63) is 47.2 Å². The zero-order valence-electron chi connectivity index (χ0n) is 16.1. The third kappa shape index (κ3) is 4.30. The number of benzene rings is 1. The summed E-state index contributed by atoms with van der Waals surface area (Å²) < 4.78 is 5.68. The second-order valence-electron chi connectivity index (χ2n) is 7.53. The van der Waals surface area contributed by atoms with Crippen LogP contribution >= 0.6 is 0 Å². The lowest BCUT2D eigenvalue weighted by Gasteiger charge is -2.34. The molecule has 6 heteroatoms. The van der Waals surface area contributed by atoms with E-state index in [9.17, 15) is 4.79 Å². The fourth-order valence-corrected chi connectivity index (χ4v) is 3.06. The minimum Gasteiger partial charge on any atom is -0.424 e. The molecule has 1 saturated heterocycles. The van der Waals surface area contributed by atoms with E-state index < -0.39 is 0 Å². The van der Waals surface area contributed by atoms with Gasteiger partial charge in [0.15, 0.2) is 0 Å². The molecule has 2 heterocycles. The first-order valence-electron chi connectivity index (χ1n) is 9.38. The summed E-state index contributed by atoms with van der Waals surface area (Å²) in [5.41, 5.74) is 2.02. The van der Waals surface area contributed by atoms with Gasteiger partial charge in [-0.2, -0.15) is 0 Å². The SMILES string of the molecule is CC(C)c1ccc(C(=O)N2CCN(Cc3nnc(C(C)C)o3)CC2)cc1. The van der Waals surface area contributed by atoms with Gasteiger partial charge in [0, 0.05) is 37.7 Å². The van der Waals surface area contributed by atoms with Crippen LogP contribution in [0, 0.1) is 0 Å². The van der Waals surface area contributed by atoms with E-state index in [0.717, 1.165) is 31.7 Å². The molecule has 140 valence electrons. The van der Waals surface area contributed by atoms with Crippen molar-refractivity contribution in [2.75, 3.05) is 26.2 Å². The summed E-state index contributed by atoms with van der Waals surface area (Å²) in [4.78, 5) is 16.9. The highest BCUT2D eigenvalue weighted by atomic mass is 16.4. The van der Waals surface area contributed by atoms with Gasteiger partial charge in [0.1, 0.15) is 0 Å². The van der Waals surface area contributed by atoms with Gasteiger partial charge in [0.05, 0.1) is 6.54 Å². The van der Waals surface area contributed by atoms with Gasteiger partial charge in [-0.1, -0.05) is 39.8 Å². The first-order chi connectivity index (χ1) is 12.4. The molecule has 0 spiro atoms. The number of aromatic nitrogens is 2. The largest absolute Gasteiger partial charge is 0.424 e. The van der Waals surface area contributed by atoms with Gasteiger partial charge in [-0.05, 0) is 23.6 Å². The molecule has 0 radical (unpaired) electrons. The third-order valence-corrected chi connectivity index (χ3v) is 4.82. The molecule has 0 bridgehead atoms. The second-order valence-corrected chi connectivity index (χ2v) is 7.53. The van der Waals surface area contributed by atoms with Crippen LogP contribution in [0.1, 0.15) is 67.2 Å². The normalized spacial score (nSPS) is 15.8. The van der Waals surface area contributed by atoms with Crippen molar-refractivity contribution in [3.63, 3.8) is 0 Å². The fourth-order valence-electron chi connectivity index (χ4n) is 3.06. The molecule has 26 heavy (non-hydrogen) atoms. The van der Waals surface area contributed by atoms with E-state index in [0.29, 0.717) is 24.2 Å². The summed E-state index contributed by atoms with van der Waals surface area (Å²) in [7, 11) is 0. The number of amides is 1. The quantitative estimate of drug-likeness (QED) is 0.823. The van der Waals surface area contributed by atoms with Crippen LogP contribution in [0.2, 0.25) is 0 Å². The number of piperazine rings is 1. The van der Waals surface area contributed by atoms with Crippen molar-refractivity contribution in [1.29, 1.82) is 0 Å². The van der Waals surface area contributed by atoms with E-state index in [1.54, 1.807) is 0 Å². The van der Waals surface area contributed by atoms with Crippen molar-refractivity contribution in [3.8, 4) is 0 Å². The van der Waals surface area contributed by atoms with Crippen LogP contribution in [0.15, 0.2) is 28.7 Å². The van der Waals surface area contributed by atoms with E-state index in [2.05, 4.69) is 41.1 Å². The molecule has 1 aromatic carbocycles. The number of rotatable bonds is 5. The number of carbonyl (C=O) groups is 1. The fraction of sp³-hybridized carbons (Fsp3) is 0.550. The first kappa shape index (κ1) is 18.6. The highest BCUT2D eigenvalue weighted by molar-refractivity contribution is 5.94. The molecule has 1 fully saturated rings. The predicted octanol–water partition coefficient (Wildman–Crippen LogP) is 3.27. The average Bonchev–Trinajstić information content (AvgIpc) is 3.11. The molecular formula is C20H28N4O2. The maximum atomic E-state index is 12.7. The van der Waals surface area contributed by atoms with E-state index in [1.165, 1.54) is 5.56 Å². The molecule has 0 N–H and O–H groups in total. The van der Waals surface area contributed by atoms with Gasteiger partial charge in [-0.15, -0.1) is 10.2 Å². The van der Waals surface area contributed by atoms with Gasteiger partial charge in [0.25, 0.3) is 5.91 Å². The number of carbonyl (C=O) groups excluding carboxylic acids is 1. The van der Waals surface area contributed by atoms with Gasteiger partial charge >= 0.3 is 0 Å². The van der Waals surface area contributed by atoms with Gasteiger partial charge in [0.2, 0.25) is 11.8 Å². The van der Waals surface area contributed by atoms with E-state index in [1.807, 2.05) is 30.9 Å². The molecule has 3 rings (SSSR count). The number of hydrogen-bond donors (Lipinski definition) is 0. The summed E-state index contributed by atoms with van der Waals surface area (Å²) in [6, 6.07) is 7.98. The molecule has 0 atom stereocenters. The van der Waals surface area contributed by atoms with Crippen molar-refractivity contribution < 1.29 is 9.21 Å². The zero-order valence-corrected chi connectivity index (χ0v) is 16.1. The molecule has 1 amide bonds. The molecule has 1 aromatic heterocycles. The third-order valence-electron chi connectivity index (χ3n) is 4.82. The highest BCUT2D eigenvalue weighted by Gasteiger charge is 2.23. The monoisotopic (exact) mass is 356 g/mol. The molecule has 6 nitrogen and oxygen atoms in total. The molecule has 1 aliphatic heterocycles. The Labute approximate surface area is 155 Å². The van der Waals surface area contributed by atoms with Crippen LogP contribution in [0.25, 0.3) is 0 Å². The molecule has 0 aliphatic carbocycles. The molecule has 2 aromatic rings. The minimum absolute atomic E-state index is 0.111. The summed E-state index contributed by atoms with van der Waals surface area (Å²) in [6.07, 6.45) is 0. The molecule has 1 aliphatic rings. The van der Waals surface area contributed by atoms with Crippen LogP contribution in [-0.2, 0) is 6.54 Å². The van der Waals surface area contributed by atoms with E-state index >= 15 is 0 Å². The van der Waals surface area contributed by atoms with Crippen LogP contribution in [0.4, 0.5) is 0 Å². The van der Waals surface area contributed by atoms with E-state index in [4.69, 9.17) is 4.42 Å². The second kappa shape index (κ2) is 7.99. The topological polar surface area (TPSA) is 62.5 Å². The Morgan fingerprint density at radius 1 is 1.00 bits per heavy atom. The summed E-state index contributed by atoms with van der Waals surface area (Å²) in [5.74, 6) is 2.16. The first-order valence-corrected chi connectivity index (χ1v) is 9.38. The Kier molecular flexibility index (Phi) is 5.71. The van der Waals surface area contributed by atoms with Crippen LogP contribution in [-0.4, -0.2) is 52.1 Å². The van der Waals surface area contributed by atoms with Crippen LogP contribution in [0.5, 0.6) is 0 Å². The molecular weight excluding hydrogens is 328 g/mol. The van der Waals surface area contributed by atoms with Gasteiger partial charge in [-0.25, -0.2) is 0 Å². The predicted molar refractivity (Wildman–Crippen MR) is 100 cm³/mol. The van der Waals surface area contributed by atoms with Crippen LogP contribution in [0.3, 0.4) is 0 Å². The Hall–Kier alpha value is -2.21. The van der Waals surface area contributed by atoms with Gasteiger partial charge < -0.3 is 9.32 Å². The minimum atomic E-state index is 0.111. The Morgan fingerprint density at radius 3 is 2.19 bits per heavy atom. The Bertz CT molecular complexity index is 729. The smallest absolute Gasteiger partial charge is 0.253 e. The van der Waals surface area contributed by atoms with E-state index in [-0.39, 0.29) is 11.8 Å². The van der Waals surface area contributed by atoms with Crippen molar-refractivity contribution in [1.82, 2.24) is 20.0 Å². The summed E-state index contributed by atoms with van der Waals surface area (Å²) >= 11 is 0. The molecule has 0 unspecified atom stereocenters. The number of hydrogen-bond acceptors (Lipinski definition) is 5. The lowest BCUT2D eigenvalue weighted by atomic mass is 10.0. The highest BCUT2D eigenvalue weighted by Crippen LogP contribution is 2.17. The Balaban J connectivity index is 1.53. The summed E-state index contributed by atoms with van der Waals surface area (Å²) in [5, 5.41) is 8.19. The average molecular weight is 356 g/mol. The van der Waals surface area contributed by atoms with Crippen LogP contribution < -0.4 is 0 Å². The lowest BCUT2D eigenvalue weighted by Crippen LogP contribution is -2.48. The lowest BCUT2D eigenvalue weighted by molar-refractivity contribution is 0.0617. The molecule has 0 saturated carbocycles. The van der Waals surface area contributed by atoms with Crippen molar-refractivity contribution >= 4 is 5.91 Å². The zero-order chi connectivity index (χ0) is 18.7. The maximum Gasteiger partial charge on any atom is 0.253 e. The van der Waals surface area contributed by atoms with Crippen molar-refractivity contribution in [2.24, 2.45) is 0 Å². The standard InChI is InChI=1S/C20H28N4O2/c1-14(2)16-5-7-17(8-6-16)20(25)24-11-9-23(10-12-24)13-18-21-22-19(26-18)15(3)4/h5-8,14-15H,9-13H2,1-4H3. The number of nitrogens with zero attached hydrogens (tertiary/aromatic N) is 4.